The van der Waals surface area contributed by atoms with Crippen LogP contribution in [0.25, 0.3) is 0 Å². The summed E-state index contributed by atoms with van der Waals surface area (Å²) in [5.41, 5.74) is 0. The fourth-order valence-electron chi connectivity index (χ4n) is 4.58. The summed E-state index contributed by atoms with van der Waals surface area (Å²) in [7, 11) is 3.68. The number of ether oxygens (including phenoxy) is 1. The molecule has 0 spiro atoms. The summed E-state index contributed by atoms with van der Waals surface area (Å²) >= 11 is 0. The molecule has 0 aromatic rings. The molecule has 0 aliphatic rings. The van der Waals surface area contributed by atoms with E-state index in [9.17, 15) is 9.59 Å². The molecule has 5 heteroatoms. The largest absolute Gasteiger partial charge is 0.466 e. The molecule has 0 atom stereocenters. The van der Waals surface area contributed by atoms with Crippen LogP contribution in [0, 0.1) is 0 Å². The molecule has 0 heterocycles. The average Bonchev–Trinajstić information content (AvgIpc) is 2.86. The number of esters is 1. The van der Waals surface area contributed by atoms with E-state index < -0.39 is 0 Å². The molecule has 0 N–H and O–H groups in total. The summed E-state index contributed by atoms with van der Waals surface area (Å²) in [5.74, 6) is 0.216. The van der Waals surface area contributed by atoms with E-state index in [1.54, 1.807) is 4.90 Å². The second-order valence-corrected chi connectivity index (χ2v) is 10.9. The molecule has 0 saturated heterocycles. The van der Waals surface area contributed by atoms with E-state index in [1.165, 1.54) is 96.3 Å². The number of hydrogen-bond donors (Lipinski definition) is 0. The first-order valence-corrected chi connectivity index (χ1v) is 15.6. The van der Waals surface area contributed by atoms with E-state index >= 15 is 0 Å². The van der Waals surface area contributed by atoms with Gasteiger partial charge in [-0.05, 0) is 51.7 Å². The molecular formula is C31H62N2O3. The summed E-state index contributed by atoms with van der Waals surface area (Å²) in [6.45, 7) is 8.42. The van der Waals surface area contributed by atoms with Gasteiger partial charge in [0.25, 0.3) is 0 Å². The minimum absolute atomic E-state index is 0.0154. The fraction of sp³-hybridized carbons (Fsp3) is 0.935. The van der Waals surface area contributed by atoms with Crippen LogP contribution in [0.15, 0.2) is 0 Å². The normalized spacial score (nSPS) is 11.2. The van der Waals surface area contributed by atoms with Crippen LogP contribution in [0.3, 0.4) is 0 Å². The SMILES string of the molecule is CCCCCCCCCOC(=O)CCCCCCCN(CCCCCCCC)CCCC(=O)N(C)C. The smallest absolute Gasteiger partial charge is 0.305 e. The summed E-state index contributed by atoms with van der Waals surface area (Å²) in [6, 6.07) is 0. The number of nitrogens with zero attached hydrogens (tertiary/aromatic N) is 2. The Morgan fingerprint density at radius 3 is 1.50 bits per heavy atom. The Labute approximate surface area is 225 Å². The number of amides is 1. The maximum absolute atomic E-state index is 11.9. The second-order valence-electron chi connectivity index (χ2n) is 10.9. The van der Waals surface area contributed by atoms with Gasteiger partial charge in [0.2, 0.25) is 5.91 Å². The number of hydrogen-bond acceptors (Lipinski definition) is 4. The lowest BCUT2D eigenvalue weighted by atomic mass is 10.1. The lowest BCUT2D eigenvalue weighted by molar-refractivity contribution is -0.143. The van der Waals surface area contributed by atoms with Crippen molar-refractivity contribution in [1.29, 1.82) is 0 Å². The van der Waals surface area contributed by atoms with Crippen LogP contribution in [0.5, 0.6) is 0 Å². The van der Waals surface area contributed by atoms with Gasteiger partial charge in [-0.3, -0.25) is 9.59 Å². The molecule has 214 valence electrons. The Morgan fingerprint density at radius 1 is 0.528 bits per heavy atom. The Morgan fingerprint density at radius 2 is 0.972 bits per heavy atom. The zero-order chi connectivity index (χ0) is 26.7. The molecule has 0 aromatic heterocycles. The highest BCUT2D eigenvalue weighted by atomic mass is 16.5. The Kier molecular flexibility index (Phi) is 26.1. The number of unbranched alkanes of at least 4 members (excludes halogenated alkanes) is 15. The molecule has 0 fully saturated rings. The van der Waals surface area contributed by atoms with Crippen LogP contribution in [0.4, 0.5) is 0 Å². The lowest BCUT2D eigenvalue weighted by Gasteiger charge is -2.22. The zero-order valence-corrected chi connectivity index (χ0v) is 24.8. The van der Waals surface area contributed by atoms with Gasteiger partial charge in [-0.2, -0.15) is 0 Å². The van der Waals surface area contributed by atoms with E-state index in [2.05, 4.69) is 18.7 Å². The predicted molar refractivity (Wildman–Crippen MR) is 154 cm³/mol. The number of carbonyl (C=O) groups is 2. The molecule has 0 unspecified atom stereocenters. The number of carbonyl (C=O) groups excluding carboxylic acids is 2. The van der Waals surface area contributed by atoms with Crippen LogP contribution in [0.1, 0.15) is 149 Å². The Balaban J connectivity index is 3.84. The minimum Gasteiger partial charge on any atom is -0.466 e. The van der Waals surface area contributed by atoms with Crippen molar-refractivity contribution in [3.63, 3.8) is 0 Å². The Bertz CT molecular complexity index is 496. The van der Waals surface area contributed by atoms with Gasteiger partial charge in [-0.15, -0.1) is 0 Å². The summed E-state index contributed by atoms with van der Waals surface area (Å²) < 4.78 is 5.39. The molecule has 5 nitrogen and oxygen atoms in total. The van der Waals surface area contributed by atoms with E-state index in [-0.39, 0.29) is 11.9 Å². The molecule has 0 saturated carbocycles. The third kappa shape index (κ3) is 24.6. The molecule has 0 aliphatic heterocycles. The highest BCUT2D eigenvalue weighted by Crippen LogP contribution is 2.11. The van der Waals surface area contributed by atoms with Crippen molar-refractivity contribution in [2.24, 2.45) is 0 Å². The third-order valence-electron chi connectivity index (χ3n) is 7.06. The van der Waals surface area contributed by atoms with Crippen molar-refractivity contribution < 1.29 is 14.3 Å². The van der Waals surface area contributed by atoms with E-state index in [0.29, 0.717) is 19.4 Å². The zero-order valence-electron chi connectivity index (χ0n) is 24.8. The van der Waals surface area contributed by atoms with Crippen molar-refractivity contribution in [3.05, 3.63) is 0 Å². The van der Waals surface area contributed by atoms with E-state index in [1.807, 2.05) is 14.1 Å². The summed E-state index contributed by atoms with van der Waals surface area (Å²) in [5, 5.41) is 0. The fourth-order valence-corrected chi connectivity index (χ4v) is 4.58. The Hall–Kier alpha value is -1.10. The van der Waals surface area contributed by atoms with Crippen LogP contribution < -0.4 is 0 Å². The van der Waals surface area contributed by atoms with Crippen LogP contribution in [0.2, 0.25) is 0 Å². The second kappa shape index (κ2) is 26.9. The minimum atomic E-state index is -0.0154. The van der Waals surface area contributed by atoms with Crippen LogP contribution in [-0.2, 0) is 14.3 Å². The molecule has 0 aliphatic carbocycles. The quantitative estimate of drug-likeness (QED) is 0.0826. The van der Waals surface area contributed by atoms with Crippen LogP contribution >= 0.6 is 0 Å². The highest BCUT2D eigenvalue weighted by molar-refractivity contribution is 5.75. The molecule has 1 amide bonds. The first kappa shape index (κ1) is 34.9. The van der Waals surface area contributed by atoms with Gasteiger partial charge in [-0.25, -0.2) is 0 Å². The van der Waals surface area contributed by atoms with Crippen molar-refractivity contribution in [2.75, 3.05) is 40.3 Å². The van der Waals surface area contributed by atoms with E-state index in [4.69, 9.17) is 4.74 Å². The maximum Gasteiger partial charge on any atom is 0.305 e. The van der Waals surface area contributed by atoms with Crippen molar-refractivity contribution in [3.8, 4) is 0 Å². The average molecular weight is 511 g/mol. The topological polar surface area (TPSA) is 49.9 Å². The van der Waals surface area contributed by atoms with Crippen molar-refractivity contribution in [2.45, 2.75) is 149 Å². The monoisotopic (exact) mass is 510 g/mol. The van der Waals surface area contributed by atoms with E-state index in [0.717, 1.165) is 45.3 Å². The first-order chi connectivity index (χ1) is 17.5. The van der Waals surface area contributed by atoms with Crippen molar-refractivity contribution in [1.82, 2.24) is 9.80 Å². The van der Waals surface area contributed by atoms with Gasteiger partial charge in [0, 0.05) is 26.9 Å². The van der Waals surface area contributed by atoms with Gasteiger partial charge in [0.05, 0.1) is 6.61 Å². The van der Waals surface area contributed by atoms with Crippen molar-refractivity contribution >= 4 is 11.9 Å². The summed E-state index contributed by atoms with van der Waals surface area (Å²) in [4.78, 5) is 28.1. The maximum atomic E-state index is 11.9. The van der Waals surface area contributed by atoms with Gasteiger partial charge < -0.3 is 14.5 Å². The van der Waals surface area contributed by atoms with Gasteiger partial charge >= 0.3 is 5.97 Å². The molecule has 36 heavy (non-hydrogen) atoms. The molecule has 0 radical (unpaired) electrons. The highest BCUT2D eigenvalue weighted by Gasteiger charge is 2.09. The summed E-state index contributed by atoms with van der Waals surface area (Å²) in [6.07, 6.45) is 24.5. The van der Waals surface area contributed by atoms with Crippen LogP contribution in [-0.4, -0.2) is 62.0 Å². The lowest BCUT2D eigenvalue weighted by Crippen LogP contribution is -2.29. The van der Waals surface area contributed by atoms with Gasteiger partial charge in [0.15, 0.2) is 0 Å². The predicted octanol–water partition coefficient (Wildman–Crippen LogP) is 8.15. The molecule has 0 bridgehead atoms. The first-order valence-electron chi connectivity index (χ1n) is 15.6. The third-order valence-corrected chi connectivity index (χ3v) is 7.06. The standard InChI is InChI=1S/C31H62N2O3/c1-5-7-9-11-13-18-22-29-36-31(35)25-19-15-14-17-21-27-33(26-20-16-12-10-8-6-2)28-23-24-30(34)32(3)4/h5-29H2,1-4H3. The molecule has 0 rings (SSSR count). The molecule has 0 aromatic carbocycles. The number of rotatable bonds is 27. The van der Waals surface area contributed by atoms with Gasteiger partial charge in [-0.1, -0.05) is 104 Å². The molecular weight excluding hydrogens is 448 g/mol. The van der Waals surface area contributed by atoms with Gasteiger partial charge in [0.1, 0.15) is 0 Å².